The van der Waals surface area contributed by atoms with E-state index in [0.717, 1.165) is 36.3 Å². The van der Waals surface area contributed by atoms with Crippen LogP contribution in [0, 0.1) is 11.7 Å². The first kappa shape index (κ1) is 19.1. The fourth-order valence-corrected chi connectivity index (χ4v) is 3.59. The fourth-order valence-electron chi connectivity index (χ4n) is 3.59. The number of hydrogen-bond donors (Lipinski definition) is 1. The molecular formula is C23H23FN4O. The third kappa shape index (κ3) is 4.77. The number of piperidine rings is 1. The van der Waals surface area contributed by atoms with Crippen LogP contribution in [0.5, 0.6) is 0 Å². The van der Waals surface area contributed by atoms with Gasteiger partial charge in [-0.15, -0.1) is 0 Å². The monoisotopic (exact) mass is 390 g/mol. The van der Waals surface area contributed by atoms with E-state index < -0.39 is 0 Å². The highest BCUT2D eigenvalue weighted by atomic mass is 19.1. The zero-order valence-electron chi connectivity index (χ0n) is 16.1. The molecule has 0 bridgehead atoms. The van der Waals surface area contributed by atoms with Gasteiger partial charge in [0.05, 0.1) is 5.92 Å². The van der Waals surface area contributed by atoms with E-state index >= 15 is 0 Å². The molecule has 6 heteroatoms. The highest BCUT2D eigenvalue weighted by Gasteiger charge is 2.26. The molecule has 1 N–H and O–H groups in total. The van der Waals surface area contributed by atoms with E-state index in [1.54, 1.807) is 18.3 Å². The first-order valence-electron chi connectivity index (χ1n) is 9.84. The van der Waals surface area contributed by atoms with Crippen LogP contribution < -0.4 is 10.2 Å². The number of benzene rings is 2. The standard InChI is InChI=1S/C23H23FN4O/c24-20-10-8-17(9-11-20)15-26-23(29)19-7-4-14-28(16-19)21-12-13-25-22(27-21)18-5-2-1-3-6-18/h1-3,5-6,8-13,19H,4,7,14-16H2,(H,26,29)/t19-/m0/s1. The molecular weight excluding hydrogens is 367 g/mol. The van der Waals surface area contributed by atoms with Crippen LogP contribution in [0.1, 0.15) is 18.4 Å². The molecule has 3 aromatic rings. The van der Waals surface area contributed by atoms with Crippen molar-refractivity contribution in [1.29, 1.82) is 0 Å². The minimum Gasteiger partial charge on any atom is -0.356 e. The number of rotatable bonds is 5. The number of hydrogen-bond acceptors (Lipinski definition) is 4. The zero-order chi connectivity index (χ0) is 20.1. The highest BCUT2D eigenvalue weighted by Crippen LogP contribution is 2.24. The van der Waals surface area contributed by atoms with Crippen LogP contribution >= 0.6 is 0 Å². The molecule has 0 aliphatic carbocycles. The summed E-state index contributed by atoms with van der Waals surface area (Å²) in [6, 6.07) is 18.0. The Morgan fingerprint density at radius 2 is 1.90 bits per heavy atom. The molecule has 0 unspecified atom stereocenters. The number of nitrogens with zero attached hydrogens (tertiary/aromatic N) is 3. The van der Waals surface area contributed by atoms with Crippen LogP contribution in [-0.4, -0.2) is 29.0 Å². The molecule has 29 heavy (non-hydrogen) atoms. The fraction of sp³-hybridized carbons (Fsp3) is 0.261. The topological polar surface area (TPSA) is 58.1 Å². The Labute approximate surface area is 169 Å². The average molecular weight is 390 g/mol. The number of nitrogens with one attached hydrogen (secondary N) is 1. The van der Waals surface area contributed by atoms with Gasteiger partial charge in [-0.05, 0) is 36.6 Å². The summed E-state index contributed by atoms with van der Waals surface area (Å²) >= 11 is 0. The summed E-state index contributed by atoms with van der Waals surface area (Å²) in [6.07, 6.45) is 3.55. The summed E-state index contributed by atoms with van der Waals surface area (Å²) in [7, 11) is 0. The molecule has 0 spiro atoms. The van der Waals surface area contributed by atoms with Crippen LogP contribution in [0.25, 0.3) is 11.4 Å². The van der Waals surface area contributed by atoms with E-state index in [-0.39, 0.29) is 17.6 Å². The largest absolute Gasteiger partial charge is 0.356 e. The molecule has 0 saturated carbocycles. The van der Waals surface area contributed by atoms with Crippen molar-refractivity contribution in [3.63, 3.8) is 0 Å². The summed E-state index contributed by atoms with van der Waals surface area (Å²) in [5, 5.41) is 2.98. The van der Waals surface area contributed by atoms with E-state index in [2.05, 4.69) is 15.2 Å². The Kier molecular flexibility index (Phi) is 5.79. The number of carbonyl (C=O) groups excluding carboxylic acids is 1. The molecule has 1 saturated heterocycles. The Hall–Kier alpha value is -3.28. The number of aromatic nitrogens is 2. The van der Waals surface area contributed by atoms with Crippen LogP contribution in [0.2, 0.25) is 0 Å². The van der Waals surface area contributed by atoms with Crippen molar-refractivity contribution in [3.05, 3.63) is 78.2 Å². The van der Waals surface area contributed by atoms with Crippen molar-refractivity contribution in [3.8, 4) is 11.4 Å². The third-order valence-corrected chi connectivity index (χ3v) is 5.17. The average Bonchev–Trinajstić information content (AvgIpc) is 2.79. The van der Waals surface area contributed by atoms with Crippen molar-refractivity contribution in [1.82, 2.24) is 15.3 Å². The van der Waals surface area contributed by atoms with E-state index in [1.165, 1.54) is 12.1 Å². The smallest absolute Gasteiger partial charge is 0.225 e. The van der Waals surface area contributed by atoms with E-state index in [1.807, 2.05) is 36.4 Å². The quantitative estimate of drug-likeness (QED) is 0.720. The number of anilines is 1. The molecule has 1 amide bonds. The van der Waals surface area contributed by atoms with Gasteiger partial charge < -0.3 is 10.2 Å². The van der Waals surface area contributed by atoms with Gasteiger partial charge in [0.2, 0.25) is 5.91 Å². The summed E-state index contributed by atoms with van der Waals surface area (Å²) < 4.78 is 13.0. The lowest BCUT2D eigenvalue weighted by atomic mass is 9.97. The van der Waals surface area contributed by atoms with Crippen molar-refractivity contribution < 1.29 is 9.18 Å². The predicted molar refractivity (Wildman–Crippen MR) is 111 cm³/mol. The maximum Gasteiger partial charge on any atom is 0.225 e. The molecule has 5 nitrogen and oxygen atoms in total. The summed E-state index contributed by atoms with van der Waals surface area (Å²) in [5.41, 5.74) is 1.86. The number of amides is 1. The maximum absolute atomic E-state index is 13.0. The van der Waals surface area contributed by atoms with Crippen LogP contribution in [0.3, 0.4) is 0 Å². The van der Waals surface area contributed by atoms with Gasteiger partial charge in [0.1, 0.15) is 11.6 Å². The Balaban J connectivity index is 1.40. The van der Waals surface area contributed by atoms with Gasteiger partial charge in [0.25, 0.3) is 0 Å². The molecule has 2 aromatic carbocycles. The number of halogens is 1. The van der Waals surface area contributed by atoms with Crippen LogP contribution in [-0.2, 0) is 11.3 Å². The second-order valence-electron chi connectivity index (χ2n) is 7.23. The SMILES string of the molecule is O=C(NCc1ccc(F)cc1)[C@H]1CCCN(c2ccnc(-c3ccccc3)n2)C1. The van der Waals surface area contributed by atoms with Crippen molar-refractivity contribution in [2.24, 2.45) is 5.92 Å². The van der Waals surface area contributed by atoms with Gasteiger partial charge in [0.15, 0.2) is 5.82 Å². The van der Waals surface area contributed by atoms with Gasteiger partial charge in [-0.2, -0.15) is 0 Å². The molecule has 1 atom stereocenters. The van der Waals surface area contributed by atoms with E-state index in [9.17, 15) is 9.18 Å². The lowest BCUT2D eigenvalue weighted by Gasteiger charge is -2.33. The summed E-state index contributed by atoms with van der Waals surface area (Å²) in [4.78, 5) is 23.9. The molecule has 148 valence electrons. The molecule has 1 aliphatic rings. The Morgan fingerprint density at radius 3 is 2.69 bits per heavy atom. The van der Waals surface area contributed by atoms with Crippen molar-refractivity contribution in [2.75, 3.05) is 18.0 Å². The molecule has 4 rings (SSSR count). The van der Waals surface area contributed by atoms with Gasteiger partial charge in [0, 0.05) is 31.4 Å². The molecule has 0 radical (unpaired) electrons. The molecule has 1 aromatic heterocycles. The minimum absolute atomic E-state index is 0.0244. The second kappa shape index (κ2) is 8.82. The maximum atomic E-state index is 13.0. The van der Waals surface area contributed by atoms with Crippen molar-refractivity contribution in [2.45, 2.75) is 19.4 Å². The lowest BCUT2D eigenvalue weighted by molar-refractivity contribution is -0.125. The first-order valence-corrected chi connectivity index (χ1v) is 9.84. The van der Waals surface area contributed by atoms with Crippen molar-refractivity contribution >= 4 is 11.7 Å². The Bertz CT molecular complexity index is 962. The van der Waals surface area contributed by atoms with Crippen LogP contribution in [0.15, 0.2) is 66.9 Å². The van der Waals surface area contributed by atoms with Gasteiger partial charge in [-0.1, -0.05) is 42.5 Å². The molecule has 1 aliphatic heterocycles. The zero-order valence-corrected chi connectivity index (χ0v) is 16.1. The highest BCUT2D eigenvalue weighted by molar-refractivity contribution is 5.79. The van der Waals surface area contributed by atoms with E-state index in [4.69, 9.17) is 4.98 Å². The van der Waals surface area contributed by atoms with Gasteiger partial charge in [-0.3, -0.25) is 4.79 Å². The minimum atomic E-state index is -0.275. The number of carbonyl (C=O) groups is 1. The normalized spacial score (nSPS) is 16.4. The second-order valence-corrected chi connectivity index (χ2v) is 7.23. The third-order valence-electron chi connectivity index (χ3n) is 5.17. The summed E-state index contributed by atoms with van der Waals surface area (Å²) in [5.74, 6) is 1.18. The Morgan fingerprint density at radius 1 is 1.10 bits per heavy atom. The predicted octanol–water partition coefficient (Wildman–Crippen LogP) is 3.82. The van der Waals surface area contributed by atoms with Gasteiger partial charge in [-0.25, -0.2) is 14.4 Å². The molecule has 2 heterocycles. The van der Waals surface area contributed by atoms with Gasteiger partial charge >= 0.3 is 0 Å². The molecule has 1 fully saturated rings. The summed E-state index contributed by atoms with van der Waals surface area (Å²) in [6.45, 7) is 1.90. The lowest BCUT2D eigenvalue weighted by Crippen LogP contribution is -2.43. The van der Waals surface area contributed by atoms with Crippen LogP contribution in [0.4, 0.5) is 10.2 Å². The first-order chi connectivity index (χ1) is 14.2. The van der Waals surface area contributed by atoms with E-state index in [0.29, 0.717) is 18.9 Å².